The summed E-state index contributed by atoms with van der Waals surface area (Å²) in [7, 11) is 2.22. The van der Waals surface area contributed by atoms with Crippen molar-refractivity contribution in [2.45, 2.75) is 56.2 Å². The largest absolute Gasteiger partial charge is 0.433 e. The van der Waals surface area contributed by atoms with Crippen LogP contribution in [0.25, 0.3) is 11.1 Å². The Bertz CT molecular complexity index is 955. The first kappa shape index (κ1) is 18.9. The Balaban J connectivity index is 1.66. The highest BCUT2D eigenvalue weighted by Crippen LogP contribution is 2.56. The molecule has 2 fully saturated rings. The second kappa shape index (κ2) is 6.46. The van der Waals surface area contributed by atoms with E-state index in [0.717, 1.165) is 37.4 Å². The van der Waals surface area contributed by atoms with Gasteiger partial charge in [-0.15, -0.1) is 0 Å². The van der Waals surface area contributed by atoms with Gasteiger partial charge in [0.25, 0.3) is 0 Å². The second-order valence-corrected chi connectivity index (χ2v) is 9.03. The van der Waals surface area contributed by atoms with Crippen LogP contribution in [0.15, 0.2) is 30.5 Å². The fourth-order valence-corrected chi connectivity index (χ4v) is 6.26. The maximum atomic E-state index is 13.2. The first-order valence-electron chi connectivity index (χ1n) is 10.5. The van der Waals surface area contributed by atoms with E-state index in [0.29, 0.717) is 23.2 Å². The molecule has 1 aromatic carbocycles. The lowest BCUT2D eigenvalue weighted by atomic mass is 9.52. The molecule has 0 unspecified atom stereocenters. The van der Waals surface area contributed by atoms with E-state index < -0.39 is 11.9 Å². The molecule has 3 nitrogen and oxygen atoms in total. The van der Waals surface area contributed by atoms with Gasteiger partial charge in [0.05, 0.1) is 0 Å². The number of benzene rings is 1. The monoisotopic (exact) mass is 401 g/mol. The van der Waals surface area contributed by atoms with Crippen LogP contribution in [0.2, 0.25) is 0 Å². The molecule has 5 rings (SSSR count). The predicted octanol–water partition coefficient (Wildman–Crippen LogP) is 5.04. The van der Waals surface area contributed by atoms with E-state index in [2.05, 4.69) is 23.0 Å². The third-order valence-electron chi connectivity index (χ3n) is 7.66. The third kappa shape index (κ3) is 2.87. The van der Waals surface area contributed by atoms with Gasteiger partial charge < -0.3 is 10.6 Å². The van der Waals surface area contributed by atoms with Crippen molar-refractivity contribution in [3.63, 3.8) is 0 Å². The lowest BCUT2D eigenvalue weighted by Crippen LogP contribution is -2.59. The average Bonchev–Trinajstić information content (AvgIpc) is 2.70. The van der Waals surface area contributed by atoms with Crippen LogP contribution < -0.4 is 5.73 Å². The Morgan fingerprint density at radius 3 is 2.76 bits per heavy atom. The van der Waals surface area contributed by atoms with Crippen LogP contribution in [0.5, 0.6) is 0 Å². The van der Waals surface area contributed by atoms with Gasteiger partial charge in [0, 0.05) is 23.3 Å². The second-order valence-electron chi connectivity index (χ2n) is 9.03. The highest BCUT2D eigenvalue weighted by Gasteiger charge is 2.53. The Morgan fingerprint density at radius 1 is 1.14 bits per heavy atom. The summed E-state index contributed by atoms with van der Waals surface area (Å²) in [5.41, 5.74) is 10.3. The Hall–Kier alpha value is -2.08. The molecule has 1 saturated heterocycles. The fraction of sp³-hybridized carbons (Fsp3) is 0.522. The number of piperidine rings is 1. The van der Waals surface area contributed by atoms with Crippen LogP contribution in [0.3, 0.4) is 0 Å². The van der Waals surface area contributed by atoms with Crippen molar-refractivity contribution in [3.8, 4) is 11.1 Å². The molecule has 1 aliphatic heterocycles. The summed E-state index contributed by atoms with van der Waals surface area (Å²) in [5.74, 6) is 0.611. The van der Waals surface area contributed by atoms with Gasteiger partial charge in [-0.3, -0.25) is 4.98 Å². The van der Waals surface area contributed by atoms with Gasteiger partial charge >= 0.3 is 6.18 Å². The number of likely N-dealkylation sites (tertiary alicyclic amines) is 1. The third-order valence-corrected chi connectivity index (χ3v) is 7.66. The Morgan fingerprint density at radius 2 is 1.97 bits per heavy atom. The molecular formula is C23H26F3N3. The molecule has 6 heteroatoms. The first-order valence-corrected chi connectivity index (χ1v) is 10.5. The van der Waals surface area contributed by atoms with Gasteiger partial charge in [-0.1, -0.05) is 18.9 Å². The van der Waals surface area contributed by atoms with E-state index in [1.807, 2.05) is 6.07 Å². The fourth-order valence-electron chi connectivity index (χ4n) is 6.26. The molecule has 3 atom stereocenters. The zero-order chi connectivity index (χ0) is 20.4. The van der Waals surface area contributed by atoms with Gasteiger partial charge in [-0.05, 0) is 85.6 Å². The molecule has 1 aromatic heterocycles. The van der Waals surface area contributed by atoms with E-state index in [-0.39, 0.29) is 5.41 Å². The van der Waals surface area contributed by atoms with Crippen molar-refractivity contribution in [2.24, 2.45) is 5.92 Å². The summed E-state index contributed by atoms with van der Waals surface area (Å²) >= 11 is 0. The van der Waals surface area contributed by atoms with E-state index >= 15 is 0 Å². The van der Waals surface area contributed by atoms with Crippen molar-refractivity contribution in [2.75, 3.05) is 19.3 Å². The quantitative estimate of drug-likeness (QED) is 0.681. The first-order chi connectivity index (χ1) is 13.8. The van der Waals surface area contributed by atoms with Gasteiger partial charge in [-0.25, -0.2) is 0 Å². The molecule has 1 saturated carbocycles. The van der Waals surface area contributed by atoms with Crippen molar-refractivity contribution < 1.29 is 13.2 Å². The molecule has 154 valence electrons. The number of anilines is 1. The Labute approximate surface area is 169 Å². The van der Waals surface area contributed by atoms with Gasteiger partial charge in [-0.2, -0.15) is 13.2 Å². The van der Waals surface area contributed by atoms with Gasteiger partial charge in [0.15, 0.2) is 0 Å². The summed E-state index contributed by atoms with van der Waals surface area (Å²) in [6, 6.07) is 7.29. The summed E-state index contributed by atoms with van der Waals surface area (Å²) in [6.45, 7) is 1.07. The maximum absolute atomic E-state index is 13.2. The number of nitrogens with zero attached hydrogens (tertiary/aromatic N) is 2. The molecule has 3 aliphatic rings. The standard InChI is InChI=1S/C23H26F3N3/c1-29-9-7-22-6-3-2-4-17(22)20(29)13-16-18(22)10-15(11-19(16)27)14-5-8-28-21(12-14)23(24,25)26/h5,8,10-12,17,20H,2-4,6-7,9,13,27H2,1H3/t17-,20+,22+/m0/s1. The van der Waals surface area contributed by atoms with Crippen LogP contribution in [0, 0.1) is 5.92 Å². The maximum Gasteiger partial charge on any atom is 0.433 e. The zero-order valence-electron chi connectivity index (χ0n) is 16.6. The van der Waals surface area contributed by atoms with E-state index in [1.165, 1.54) is 36.6 Å². The number of fused-ring (bicyclic) bond motifs is 1. The molecule has 2 aromatic rings. The van der Waals surface area contributed by atoms with E-state index in [1.54, 1.807) is 6.07 Å². The average molecular weight is 401 g/mol. The number of rotatable bonds is 1. The normalized spacial score (nSPS) is 29.2. The van der Waals surface area contributed by atoms with Crippen molar-refractivity contribution in [3.05, 3.63) is 47.3 Å². The predicted molar refractivity (Wildman–Crippen MR) is 107 cm³/mol. The molecule has 2 N–H and O–H groups in total. The van der Waals surface area contributed by atoms with Gasteiger partial charge in [0.2, 0.25) is 0 Å². The number of nitrogens with two attached hydrogens (primary N) is 1. The Kier molecular flexibility index (Phi) is 4.21. The number of aromatic nitrogens is 1. The van der Waals surface area contributed by atoms with Crippen LogP contribution in [-0.4, -0.2) is 29.5 Å². The van der Waals surface area contributed by atoms with Crippen molar-refractivity contribution in [1.82, 2.24) is 9.88 Å². The van der Waals surface area contributed by atoms with E-state index in [4.69, 9.17) is 5.73 Å². The van der Waals surface area contributed by atoms with Crippen LogP contribution in [0.1, 0.15) is 48.9 Å². The number of nitrogen functional groups attached to an aromatic ring is 1. The van der Waals surface area contributed by atoms with Crippen LogP contribution in [-0.2, 0) is 18.0 Å². The zero-order valence-corrected chi connectivity index (χ0v) is 16.6. The van der Waals surface area contributed by atoms with Crippen LogP contribution >= 0.6 is 0 Å². The summed E-state index contributed by atoms with van der Waals surface area (Å²) < 4.78 is 39.5. The summed E-state index contributed by atoms with van der Waals surface area (Å²) in [4.78, 5) is 6.00. The highest BCUT2D eigenvalue weighted by molar-refractivity contribution is 5.72. The lowest BCUT2D eigenvalue weighted by molar-refractivity contribution is -0.141. The summed E-state index contributed by atoms with van der Waals surface area (Å²) in [5, 5.41) is 0. The van der Waals surface area contributed by atoms with Crippen molar-refractivity contribution in [1.29, 1.82) is 0 Å². The molecule has 0 radical (unpaired) electrons. The molecule has 29 heavy (non-hydrogen) atoms. The molecule has 2 aliphatic carbocycles. The number of hydrogen-bond acceptors (Lipinski definition) is 3. The SMILES string of the molecule is CN1CC[C@]23CCCC[C@H]2[C@H]1Cc1c(N)cc(-c2ccnc(C(F)(F)F)c2)cc13. The molecule has 2 heterocycles. The number of hydrogen-bond donors (Lipinski definition) is 1. The van der Waals surface area contributed by atoms with E-state index in [9.17, 15) is 13.2 Å². The van der Waals surface area contributed by atoms with Crippen molar-refractivity contribution >= 4 is 5.69 Å². The lowest BCUT2D eigenvalue weighted by Gasteiger charge is -2.58. The van der Waals surface area contributed by atoms with Gasteiger partial charge in [0.1, 0.15) is 5.69 Å². The highest BCUT2D eigenvalue weighted by atomic mass is 19.4. The molecule has 2 bridgehead atoms. The van der Waals surface area contributed by atoms with Crippen LogP contribution in [0.4, 0.5) is 18.9 Å². The number of halogens is 3. The minimum Gasteiger partial charge on any atom is -0.398 e. The number of likely N-dealkylation sites (N-methyl/N-ethyl adjacent to an activating group) is 1. The topological polar surface area (TPSA) is 42.1 Å². The number of alkyl halides is 3. The molecule has 0 amide bonds. The smallest absolute Gasteiger partial charge is 0.398 e. The molecular weight excluding hydrogens is 375 g/mol. The number of pyridine rings is 1. The minimum atomic E-state index is -4.45. The molecule has 0 spiro atoms. The summed E-state index contributed by atoms with van der Waals surface area (Å²) in [6.07, 6.45) is 3.68. The minimum absolute atomic E-state index is 0.118.